The average Bonchev–Trinajstić information content (AvgIpc) is 3.06. The fraction of sp³-hybridized carbons (Fsp3) is 0.318. The Morgan fingerprint density at radius 1 is 1.19 bits per heavy atom. The molecule has 3 atom stereocenters. The Kier molecular flexibility index (Phi) is 5.60. The minimum absolute atomic E-state index is 0.0559. The lowest BCUT2D eigenvalue weighted by Crippen LogP contribution is -3.11. The number of hydrogen-bond acceptors (Lipinski definition) is 5. The number of alkyl halides is 3. The second kappa shape index (κ2) is 7.99. The van der Waals surface area contributed by atoms with Crippen molar-refractivity contribution < 1.29 is 37.8 Å². The van der Waals surface area contributed by atoms with Crippen LogP contribution in [0.4, 0.5) is 13.2 Å². The number of phenolic OH excluding ortho intramolecular Hbond substituents is 2. The van der Waals surface area contributed by atoms with E-state index in [1.54, 1.807) is 0 Å². The summed E-state index contributed by atoms with van der Waals surface area (Å²) in [6.07, 6.45) is -4.01. The lowest BCUT2D eigenvalue weighted by molar-refractivity contribution is -0.893. The number of hydrogen-bond donors (Lipinski definition) is 4. The van der Waals surface area contributed by atoms with E-state index in [0.29, 0.717) is 13.0 Å². The molecule has 1 unspecified atom stereocenters. The van der Waals surface area contributed by atoms with E-state index in [0.717, 1.165) is 35.2 Å². The molecule has 0 amide bonds. The molecule has 6 nitrogen and oxygen atoms in total. The number of fused-ring (bicyclic) bond motifs is 1. The average molecular weight is 471 g/mol. The summed E-state index contributed by atoms with van der Waals surface area (Å²) in [5.74, 6) is -1.26. The number of aromatic hydroxyl groups is 2. The molecule has 0 aliphatic carbocycles. The minimum atomic E-state index is -4.59. The van der Waals surface area contributed by atoms with Crippen molar-refractivity contribution in [3.63, 3.8) is 0 Å². The van der Waals surface area contributed by atoms with Gasteiger partial charge in [0.2, 0.25) is 0 Å². The van der Waals surface area contributed by atoms with Crippen LogP contribution in [0.15, 0.2) is 39.5 Å². The number of aliphatic hydroxyl groups excluding tert-OH is 1. The Labute approximate surface area is 185 Å². The van der Waals surface area contributed by atoms with Gasteiger partial charge in [-0.1, -0.05) is 11.6 Å². The summed E-state index contributed by atoms with van der Waals surface area (Å²) in [7, 11) is 1.89. The summed E-state index contributed by atoms with van der Waals surface area (Å²) in [5, 5.41) is 30.3. The molecule has 4 rings (SSSR count). The van der Waals surface area contributed by atoms with Crippen LogP contribution in [0, 0.1) is 0 Å². The van der Waals surface area contributed by atoms with Gasteiger partial charge in [0, 0.05) is 29.7 Å². The molecule has 1 aliphatic heterocycles. The van der Waals surface area contributed by atoms with E-state index in [2.05, 4.69) is 0 Å². The fourth-order valence-corrected chi connectivity index (χ4v) is 4.72. The lowest BCUT2D eigenvalue weighted by Gasteiger charge is -2.22. The normalized spacial score (nSPS) is 21.4. The van der Waals surface area contributed by atoms with Crippen LogP contribution >= 0.6 is 11.6 Å². The number of likely N-dealkylation sites (tertiary alicyclic amines) is 1. The van der Waals surface area contributed by atoms with Crippen molar-refractivity contribution in [2.24, 2.45) is 0 Å². The lowest BCUT2D eigenvalue weighted by atomic mass is 9.89. The van der Waals surface area contributed by atoms with E-state index in [1.807, 2.05) is 7.05 Å². The van der Waals surface area contributed by atoms with Crippen LogP contribution in [0.5, 0.6) is 11.5 Å². The molecule has 2 heterocycles. The van der Waals surface area contributed by atoms with Crippen molar-refractivity contribution in [1.82, 2.24) is 0 Å². The highest BCUT2D eigenvalue weighted by atomic mass is 35.5. The Balaban J connectivity index is 1.96. The van der Waals surface area contributed by atoms with Gasteiger partial charge < -0.3 is 24.6 Å². The van der Waals surface area contributed by atoms with Gasteiger partial charge in [0.15, 0.2) is 5.43 Å². The molecule has 2 aromatic carbocycles. The first-order valence-corrected chi connectivity index (χ1v) is 10.2. The third-order valence-corrected chi connectivity index (χ3v) is 6.41. The Bertz CT molecular complexity index is 1260. The van der Waals surface area contributed by atoms with Crippen LogP contribution in [-0.4, -0.2) is 41.6 Å². The standard InChI is InChI=1S/C22H19ClF3NO5/c1-27-5-4-12(14(27)9-28)19-15(29)7-16(30)20-17(31)8-18(32-21(19)20)11-3-2-10(6-13(11)23)22(24,25)26/h2-3,6-8,12,14,28-30H,4-5,9H2,1H3/p+1/t12-,14+/m1/s1. The summed E-state index contributed by atoms with van der Waals surface area (Å²) in [6, 6.07) is 4.47. The summed E-state index contributed by atoms with van der Waals surface area (Å²) in [4.78, 5) is 13.9. The maximum absolute atomic E-state index is 13.0. The molecule has 3 aromatic rings. The van der Waals surface area contributed by atoms with Crippen LogP contribution in [0.3, 0.4) is 0 Å². The van der Waals surface area contributed by atoms with Crippen molar-refractivity contribution in [1.29, 1.82) is 0 Å². The molecule has 0 bridgehead atoms. The molecule has 1 aromatic heterocycles. The van der Waals surface area contributed by atoms with Gasteiger partial charge in [0.1, 0.15) is 34.3 Å². The molecule has 0 saturated carbocycles. The van der Waals surface area contributed by atoms with Crippen LogP contribution in [0.2, 0.25) is 5.02 Å². The minimum Gasteiger partial charge on any atom is -0.507 e. The van der Waals surface area contributed by atoms with Crippen LogP contribution in [0.1, 0.15) is 23.5 Å². The van der Waals surface area contributed by atoms with Crippen molar-refractivity contribution in [2.45, 2.75) is 24.6 Å². The van der Waals surface area contributed by atoms with E-state index in [9.17, 15) is 33.3 Å². The van der Waals surface area contributed by atoms with Gasteiger partial charge in [0.05, 0.1) is 36.7 Å². The van der Waals surface area contributed by atoms with Gasteiger partial charge in [-0.05, 0) is 18.2 Å². The number of phenols is 2. The number of aliphatic hydroxyl groups is 1. The van der Waals surface area contributed by atoms with Crippen LogP contribution in [0.25, 0.3) is 22.3 Å². The zero-order chi connectivity index (χ0) is 23.4. The number of nitrogens with one attached hydrogen (secondary N) is 1. The number of likely N-dealkylation sites (N-methyl/N-ethyl adjacent to an activating group) is 1. The topological polar surface area (TPSA) is 95.3 Å². The number of benzene rings is 2. The summed E-state index contributed by atoms with van der Waals surface area (Å²) in [6.45, 7) is 0.527. The highest BCUT2D eigenvalue weighted by Crippen LogP contribution is 2.43. The molecular weight excluding hydrogens is 451 g/mol. The van der Waals surface area contributed by atoms with E-state index in [-0.39, 0.29) is 57.2 Å². The van der Waals surface area contributed by atoms with E-state index >= 15 is 0 Å². The van der Waals surface area contributed by atoms with Crippen molar-refractivity contribution >= 4 is 22.6 Å². The molecule has 0 spiro atoms. The number of rotatable bonds is 3. The highest BCUT2D eigenvalue weighted by molar-refractivity contribution is 6.33. The molecule has 4 N–H and O–H groups in total. The van der Waals surface area contributed by atoms with Crippen molar-refractivity contribution in [3.8, 4) is 22.8 Å². The summed E-state index contributed by atoms with van der Waals surface area (Å²) >= 11 is 6.07. The van der Waals surface area contributed by atoms with Gasteiger partial charge in [-0.15, -0.1) is 0 Å². The summed E-state index contributed by atoms with van der Waals surface area (Å²) < 4.78 is 44.8. The third kappa shape index (κ3) is 3.70. The van der Waals surface area contributed by atoms with Crippen LogP contribution < -0.4 is 10.3 Å². The molecule has 32 heavy (non-hydrogen) atoms. The smallest absolute Gasteiger partial charge is 0.416 e. The molecule has 10 heteroatoms. The first-order valence-electron chi connectivity index (χ1n) is 9.86. The second-order valence-corrected chi connectivity index (χ2v) is 8.39. The number of halogens is 4. The van der Waals surface area contributed by atoms with Gasteiger partial charge in [-0.2, -0.15) is 13.2 Å². The fourth-order valence-electron chi connectivity index (χ4n) is 4.45. The second-order valence-electron chi connectivity index (χ2n) is 7.98. The molecule has 1 fully saturated rings. The molecule has 1 saturated heterocycles. The third-order valence-electron chi connectivity index (χ3n) is 6.10. The van der Waals surface area contributed by atoms with E-state index < -0.39 is 22.9 Å². The predicted molar refractivity (Wildman–Crippen MR) is 111 cm³/mol. The van der Waals surface area contributed by atoms with Crippen molar-refractivity contribution in [2.75, 3.05) is 20.2 Å². The Morgan fingerprint density at radius 3 is 2.53 bits per heavy atom. The first kappa shape index (κ1) is 22.4. The first-order chi connectivity index (χ1) is 15.0. The maximum atomic E-state index is 13.0. The molecular formula is C22H20ClF3NO5+. The predicted octanol–water partition coefficient (Wildman–Crippen LogP) is 2.91. The quantitative estimate of drug-likeness (QED) is 0.472. The maximum Gasteiger partial charge on any atom is 0.416 e. The van der Waals surface area contributed by atoms with Gasteiger partial charge in [0.25, 0.3) is 0 Å². The SMILES string of the molecule is C[NH+]1CC[C@@H](c2c(O)cc(O)c3c(=O)cc(-c4ccc(C(F)(F)F)cc4Cl)oc23)[C@@H]1CO. The van der Waals surface area contributed by atoms with Gasteiger partial charge >= 0.3 is 6.18 Å². The Hall–Kier alpha value is -2.75. The molecule has 1 aliphatic rings. The largest absolute Gasteiger partial charge is 0.507 e. The summed E-state index contributed by atoms with van der Waals surface area (Å²) in [5.41, 5.74) is -1.36. The zero-order valence-corrected chi connectivity index (χ0v) is 17.6. The van der Waals surface area contributed by atoms with Gasteiger partial charge in [-0.3, -0.25) is 4.79 Å². The monoisotopic (exact) mass is 470 g/mol. The van der Waals surface area contributed by atoms with E-state index in [1.165, 1.54) is 0 Å². The highest BCUT2D eigenvalue weighted by Gasteiger charge is 2.40. The van der Waals surface area contributed by atoms with E-state index in [4.69, 9.17) is 16.0 Å². The van der Waals surface area contributed by atoms with Crippen molar-refractivity contribution in [3.05, 3.63) is 56.7 Å². The molecule has 0 radical (unpaired) electrons. The molecule has 170 valence electrons. The van der Waals surface area contributed by atoms with Gasteiger partial charge in [-0.25, -0.2) is 0 Å². The zero-order valence-electron chi connectivity index (χ0n) is 16.8. The van der Waals surface area contributed by atoms with Crippen LogP contribution in [-0.2, 0) is 6.18 Å². The number of quaternary nitrogens is 1. The Morgan fingerprint density at radius 2 is 1.91 bits per heavy atom.